The van der Waals surface area contributed by atoms with E-state index >= 15 is 4.39 Å². The maximum Gasteiger partial charge on any atom is 0.404 e. The third-order valence-electron chi connectivity index (χ3n) is 6.47. The van der Waals surface area contributed by atoms with Crippen LogP contribution >= 0.6 is 0 Å². The summed E-state index contributed by atoms with van der Waals surface area (Å²) in [5.74, 6) is -2.69. The predicted molar refractivity (Wildman–Crippen MR) is 147 cm³/mol. The first-order valence-electron chi connectivity index (χ1n) is 12.7. The van der Waals surface area contributed by atoms with E-state index in [2.05, 4.69) is 25.6 Å². The van der Waals surface area contributed by atoms with Crippen LogP contribution in [-0.4, -0.2) is 54.4 Å². The van der Waals surface area contributed by atoms with Crippen molar-refractivity contribution in [2.24, 2.45) is 0 Å². The Labute approximate surface area is 233 Å². The number of hydrogen-bond donors (Lipinski definition) is 3. The molecule has 1 fully saturated rings. The Bertz CT molecular complexity index is 1680. The molecule has 0 bridgehead atoms. The number of anilines is 2. The molecule has 14 heteroatoms. The van der Waals surface area contributed by atoms with E-state index in [1.54, 1.807) is 41.3 Å². The molecule has 1 atom stereocenters. The molecule has 0 radical (unpaired) electrons. The highest BCUT2D eigenvalue weighted by Crippen LogP contribution is 2.42. The molecule has 2 aromatic heterocycles. The second-order valence-corrected chi connectivity index (χ2v) is 11.3. The molecular weight excluding hydrogens is 564 g/mol. The minimum atomic E-state index is -5.00. The van der Waals surface area contributed by atoms with Crippen molar-refractivity contribution in [3.8, 4) is 22.9 Å². The van der Waals surface area contributed by atoms with E-state index in [9.17, 15) is 21.6 Å². The van der Waals surface area contributed by atoms with E-state index in [4.69, 9.17) is 4.74 Å². The lowest BCUT2D eigenvalue weighted by atomic mass is 10.0. The van der Waals surface area contributed by atoms with Crippen molar-refractivity contribution in [3.63, 3.8) is 0 Å². The first-order chi connectivity index (χ1) is 19.5. The molecule has 1 unspecified atom stereocenters. The van der Waals surface area contributed by atoms with Gasteiger partial charge in [-0.05, 0) is 44.5 Å². The SMILES string of the molecule is Cc1c(F)c(NS(=O)(=O)CC(F)(F)F)c2ccccc2c1Oc1ncccc1-c1ccnc(NC2CCCNC2)n1. The molecule has 3 heterocycles. The maximum absolute atomic E-state index is 15.6. The predicted octanol–water partition coefficient (Wildman–Crippen LogP) is 5.40. The number of pyridine rings is 1. The van der Waals surface area contributed by atoms with Crippen LogP contribution < -0.4 is 20.1 Å². The van der Waals surface area contributed by atoms with E-state index in [1.807, 2.05) is 0 Å². The molecule has 1 saturated heterocycles. The Morgan fingerprint density at radius 3 is 2.59 bits per heavy atom. The number of benzene rings is 2. The average Bonchev–Trinajstić information content (AvgIpc) is 2.93. The fraction of sp³-hybridized carbons (Fsp3) is 0.296. The Hall–Kier alpha value is -4.04. The molecule has 0 aliphatic carbocycles. The third kappa shape index (κ3) is 6.65. The van der Waals surface area contributed by atoms with E-state index in [0.717, 1.165) is 25.9 Å². The van der Waals surface area contributed by atoms with Crippen molar-refractivity contribution in [2.45, 2.75) is 32.0 Å². The van der Waals surface area contributed by atoms with Crippen molar-refractivity contribution in [2.75, 3.05) is 28.9 Å². The largest absolute Gasteiger partial charge is 0.437 e. The van der Waals surface area contributed by atoms with Gasteiger partial charge in [0.2, 0.25) is 21.9 Å². The number of sulfonamides is 1. The maximum atomic E-state index is 15.6. The van der Waals surface area contributed by atoms with Gasteiger partial charge in [0, 0.05) is 41.3 Å². The molecule has 5 rings (SSSR count). The van der Waals surface area contributed by atoms with Gasteiger partial charge in [-0.3, -0.25) is 4.72 Å². The molecular formula is C27H26F4N6O3S. The number of hydrogen-bond acceptors (Lipinski definition) is 8. The monoisotopic (exact) mass is 590 g/mol. The lowest BCUT2D eigenvalue weighted by Gasteiger charge is -2.23. The molecule has 1 aliphatic rings. The summed E-state index contributed by atoms with van der Waals surface area (Å²) in [5.41, 5.74) is 0.256. The van der Waals surface area contributed by atoms with E-state index in [1.165, 1.54) is 25.3 Å². The normalized spacial score (nSPS) is 16.0. The van der Waals surface area contributed by atoms with Gasteiger partial charge < -0.3 is 15.4 Å². The highest BCUT2D eigenvalue weighted by atomic mass is 32.2. The molecule has 0 saturated carbocycles. The fourth-order valence-electron chi connectivity index (χ4n) is 4.64. The second-order valence-electron chi connectivity index (χ2n) is 9.58. The molecule has 3 N–H and O–H groups in total. The number of rotatable bonds is 8. The first-order valence-corrected chi connectivity index (χ1v) is 14.4. The summed E-state index contributed by atoms with van der Waals surface area (Å²) >= 11 is 0. The van der Waals surface area contributed by atoms with Crippen LogP contribution in [0.4, 0.5) is 29.2 Å². The standard InChI is InChI=1S/C27H26F4N6O3S/c1-16-22(28)23(37-41(38,39)15-27(29,30)31)18-7-2-3-8-19(18)24(16)40-25-20(9-5-12-33-25)21-10-13-34-26(36-21)35-17-6-4-11-32-14-17/h2-3,5,7-10,12-13,17,32,37H,4,6,11,14-15H2,1H3,(H,34,35,36). The zero-order valence-corrected chi connectivity index (χ0v) is 22.6. The van der Waals surface area contributed by atoms with Crippen LogP contribution in [0, 0.1) is 12.7 Å². The Morgan fingerprint density at radius 2 is 1.85 bits per heavy atom. The Balaban J connectivity index is 1.52. The molecule has 0 spiro atoms. The summed E-state index contributed by atoms with van der Waals surface area (Å²) < 4.78 is 86.4. The first kappa shape index (κ1) is 28.5. The second kappa shape index (κ2) is 11.4. The third-order valence-corrected chi connectivity index (χ3v) is 7.70. The number of alkyl halides is 3. The quantitative estimate of drug-likeness (QED) is 0.234. The summed E-state index contributed by atoms with van der Waals surface area (Å²) in [7, 11) is -4.94. The molecule has 0 amide bonds. The van der Waals surface area contributed by atoms with Gasteiger partial charge in [-0.15, -0.1) is 0 Å². The number of nitrogens with one attached hydrogen (secondary N) is 3. The van der Waals surface area contributed by atoms with Gasteiger partial charge in [-0.1, -0.05) is 24.3 Å². The minimum absolute atomic E-state index is 0.0171. The highest BCUT2D eigenvalue weighted by molar-refractivity contribution is 7.92. The molecule has 1 aliphatic heterocycles. The zero-order chi connectivity index (χ0) is 29.2. The van der Waals surface area contributed by atoms with Gasteiger partial charge in [0.1, 0.15) is 5.75 Å². The Kier molecular flexibility index (Phi) is 7.95. The van der Waals surface area contributed by atoms with Crippen LogP contribution in [0.3, 0.4) is 0 Å². The number of ether oxygens (including phenoxy) is 1. The van der Waals surface area contributed by atoms with E-state index in [-0.39, 0.29) is 34.0 Å². The van der Waals surface area contributed by atoms with E-state index in [0.29, 0.717) is 17.2 Å². The minimum Gasteiger partial charge on any atom is -0.437 e. The number of halogens is 4. The van der Waals surface area contributed by atoms with Gasteiger partial charge in [-0.25, -0.2) is 27.8 Å². The van der Waals surface area contributed by atoms with Gasteiger partial charge in [0.15, 0.2) is 11.6 Å². The molecule has 9 nitrogen and oxygen atoms in total. The van der Waals surface area contributed by atoms with Gasteiger partial charge in [0.25, 0.3) is 0 Å². The van der Waals surface area contributed by atoms with Crippen LogP contribution in [-0.2, 0) is 10.0 Å². The van der Waals surface area contributed by atoms with Crippen molar-refractivity contribution >= 4 is 32.4 Å². The summed E-state index contributed by atoms with van der Waals surface area (Å²) in [5, 5.41) is 6.92. The summed E-state index contributed by atoms with van der Waals surface area (Å²) in [6, 6.07) is 11.3. The van der Waals surface area contributed by atoms with Crippen molar-refractivity contribution in [1.29, 1.82) is 0 Å². The summed E-state index contributed by atoms with van der Waals surface area (Å²) in [6.45, 7) is 3.09. The van der Waals surface area contributed by atoms with Gasteiger partial charge in [0.05, 0.1) is 16.9 Å². The van der Waals surface area contributed by atoms with Crippen molar-refractivity contribution in [3.05, 3.63) is 66.2 Å². The molecule has 216 valence electrons. The van der Waals surface area contributed by atoms with Crippen molar-refractivity contribution in [1.82, 2.24) is 20.3 Å². The van der Waals surface area contributed by atoms with Crippen LogP contribution in [0.5, 0.6) is 11.6 Å². The highest BCUT2D eigenvalue weighted by Gasteiger charge is 2.36. The smallest absolute Gasteiger partial charge is 0.404 e. The van der Waals surface area contributed by atoms with E-state index < -0.39 is 33.5 Å². The topological polar surface area (TPSA) is 118 Å². The number of aromatic nitrogens is 3. The number of nitrogens with zero attached hydrogens (tertiary/aromatic N) is 3. The molecule has 4 aromatic rings. The fourth-order valence-corrected chi connectivity index (χ4v) is 5.66. The molecule has 41 heavy (non-hydrogen) atoms. The lowest BCUT2D eigenvalue weighted by molar-refractivity contribution is -0.106. The van der Waals surface area contributed by atoms with Crippen LogP contribution in [0.2, 0.25) is 0 Å². The lowest BCUT2D eigenvalue weighted by Crippen LogP contribution is -2.38. The Morgan fingerprint density at radius 1 is 1.07 bits per heavy atom. The van der Waals surface area contributed by atoms with Crippen molar-refractivity contribution < 1.29 is 30.7 Å². The zero-order valence-electron chi connectivity index (χ0n) is 21.8. The number of piperidine rings is 1. The summed E-state index contributed by atoms with van der Waals surface area (Å²) in [4.78, 5) is 13.2. The summed E-state index contributed by atoms with van der Waals surface area (Å²) in [6.07, 6.45) is 0.0853. The number of fused-ring (bicyclic) bond motifs is 1. The molecule has 2 aromatic carbocycles. The van der Waals surface area contributed by atoms with Crippen LogP contribution in [0.15, 0.2) is 54.9 Å². The van der Waals surface area contributed by atoms with Crippen LogP contribution in [0.1, 0.15) is 18.4 Å². The van der Waals surface area contributed by atoms with Gasteiger partial charge >= 0.3 is 6.18 Å². The van der Waals surface area contributed by atoms with Crippen LogP contribution in [0.25, 0.3) is 22.0 Å². The van der Waals surface area contributed by atoms with Gasteiger partial charge in [-0.2, -0.15) is 13.2 Å². The average molecular weight is 591 g/mol.